The van der Waals surface area contributed by atoms with Crippen molar-refractivity contribution in [2.45, 2.75) is 38.5 Å². The average Bonchev–Trinajstić information content (AvgIpc) is 2.20. The molecule has 0 heterocycles. The highest BCUT2D eigenvalue weighted by atomic mass is 16.4. The predicted octanol–water partition coefficient (Wildman–Crippen LogP) is 2.51. The molecule has 4 nitrogen and oxygen atoms in total. The van der Waals surface area contributed by atoms with E-state index in [0.717, 1.165) is 12.0 Å². The number of aliphatic carboxylic acids is 1. The first-order valence-electron chi connectivity index (χ1n) is 5.97. The molecular formula is C14H16O4. The van der Waals surface area contributed by atoms with E-state index in [-0.39, 0.29) is 5.56 Å². The van der Waals surface area contributed by atoms with E-state index in [1.54, 1.807) is 6.92 Å². The summed E-state index contributed by atoms with van der Waals surface area (Å²) in [5, 5.41) is 18.5. The van der Waals surface area contributed by atoms with E-state index in [0.29, 0.717) is 24.0 Å². The topological polar surface area (TPSA) is 74.6 Å². The Hall–Kier alpha value is -1.84. The fourth-order valence-electron chi connectivity index (χ4n) is 2.51. The lowest BCUT2D eigenvalue weighted by molar-refractivity contribution is -0.147. The Morgan fingerprint density at radius 1 is 1.17 bits per heavy atom. The van der Waals surface area contributed by atoms with Gasteiger partial charge in [0.25, 0.3) is 0 Å². The van der Waals surface area contributed by atoms with Gasteiger partial charge in [0.2, 0.25) is 0 Å². The second-order valence-corrected chi connectivity index (χ2v) is 5.01. The van der Waals surface area contributed by atoms with Crippen molar-refractivity contribution in [3.63, 3.8) is 0 Å². The van der Waals surface area contributed by atoms with Crippen LogP contribution in [0.5, 0.6) is 0 Å². The molecule has 0 saturated heterocycles. The maximum absolute atomic E-state index is 11.4. The Bertz CT molecular complexity index is 527. The fraction of sp³-hybridized carbons (Fsp3) is 0.429. The van der Waals surface area contributed by atoms with Crippen molar-refractivity contribution in [1.29, 1.82) is 0 Å². The Morgan fingerprint density at radius 2 is 1.78 bits per heavy atom. The summed E-state index contributed by atoms with van der Waals surface area (Å²) in [6, 6.07) is 3.34. The third kappa shape index (κ3) is 1.68. The first kappa shape index (κ1) is 12.6. The van der Waals surface area contributed by atoms with Crippen molar-refractivity contribution in [3.05, 3.63) is 34.4 Å². The van der Waals surface area contributed by atoms with Crippen LogP contribution in [0.15, 0.2) is 12.1 Å². The van der Waals surface area contributed by atoms with Crippen molar-refractivity contribution in [1.82, 2.24) is 0 Å². The van der Waals surface area contributed by atoms with Gasteiger partial charge in [-0.25, -0.2) is 4.79 Å². The van der Waals surface area contributed by atoms with Crippen LogP contribution in [0.4, 0.5) is 0 Å². The molecule has 0 atom stereocenters. The lowest BCUT2D eigenvalue weighted by Gasteiger charge is -2.38. The molecule has 0 bridgehead atoms. The molecule has 2 N–H and O–H groups in total. The van der Waals surface area contributed by atoms with E-state index in [9.17, 15) is 14.7 Å². The van der Waals surface area contributed by atoms with Crippen molar-refractivity contribution < 1.29 is 19.8 Å². The summed E-state index contributed by atoms with van der Waals surface area (Å²) < 4.78 is 0. The molecule has 1 aromatic rings. The van der Waals surface area contributed by atoms with Crippen molar-refractivity contribution in [2.24, 2.45) is 0 Å². The molecular weight excluding hydrogens is 232 g/mol. The number of hydrogen-bond acceptors (Lipinski definition) is 2. The van der Waals surface area contributed by atoms with E-state index in [4.69, 9.17) is 5.11 Å². The molecule has 1 saturated carbocycles. The molecule has 1 aliphatic carbocycles. The first-order chi connectivity index (χ1) is 8.38. The third-order valence-electron chi connectivity index (χ3n) is 4.07. The van der Waals surface area contributed by atoms with Gasteiger partial charge in [-0.15, -0.1) is 0 Å². The smallest absolute Gasteiger partial charge is 0.335 e. The van der Waals surface area contributed by atoms with Crippen LogP contribution in [0.3, 0.4) is 0 Å². The molecule has 0 radical (unpaired) electrons. The Morgan fingerprint density at radius 3 is 2.17 bits per heavy atom. The average molecular weight is 248 g/mol. The van der Waals surface area contributed by atoms with Gasteiger partial charge >= 0.3 is 11.9 Å². The Kier molecular flexibility index (Phi) is 2.89. The Balaban J connectivity index is 2.59. The molecule has 0 aliphatic heterocycles. The fourth-order valence-corrected chi connectivity index (χ4v) is 2.51. The summed E-state index contributed by atoms with van der Waals surface area (Å²) in [4.78, 5) is 22.6. The van der Waals surface area contributed by atoms with Crippen molar-refractivity contribution >= 4 is 11.9 Å². The number of aromatic carboxylic acids is 1. The van der Waals surface area contributed by atoms with E-state index < -0.39 is 17.4 Å². The largest absolute Gasteiger partial charge is 0.481 e. The number of hydrogen-bond donors (Lipinski definition) is 2. The van der Waals surface area contributed by atoms with E-state index in [2.05, 4.69) is 0 Å². The highest BCUT2D eigenvalue weighted by molar-refractivity contribution is 5.91. The highest BCUT2D eigenvalue weighted by Crippen LogP contribution is 2.44. The number of rotatable bonds is 3. The van der Waals surface area contributed by atoms with Crippen LogP contribution in [-0.4, -0.2) is 22.2 Å². The minimum Gasteiger partial charge on any atom is -0.481 e. The third-order valence-corrected chi connectivity index (χ3v) is 4.07. The van der Waals surface area contributed by atoms with Crippen LogP contribution in [0.2, 0.25) is 0 Å². The maximum atomic E-state index is 11.4. The van der Waals surface area contributed by atoms with Gasteiger partial charge in [-0.05, 0) is 49.4 Å². The molecule has 1 fully saturated rings. The predicted molar refractivity (Wildman–Crippen MR) is 66.0 cm³/mol. The zero-order valence-electron chi connectivity index (χ0n) is 10.5. The zero-order valence-corrected chi connectivity index (χ0v) is 10.5. The molecule has 0 unspecified atom stereocenters. The van der Waals surface area contributed by atoms with E-state index in [1.165, 1.54) is 6.07 Å². The molecule has 18 heavy (non-hydrogen) atoms. The van der Waals surface area contributed by atoms with Gasteiger partial charge in [0.1, 0.15) is 0 Å². The Labute approximate surface area is 105 Å². The monoisotopic (exact) mass is 248 g/mol. The van der Waals surface area contributed by atoms with E-state index in [1.807, 2.05) is 13.0 Å². The number of benzene rings is 1. The number of carboxylic acids is 2. The first-order valence-corrected chi connectivity index (χ1v) is 5.97. The SMILES string of the molecule is Cc1cc(C2(C(=O)O)CCC2)cc(C(=O)O)c1C. The van der Waals surface area contributed by atoms with Crippen LogP contribution in [-0.2, 0) is 10.2 Å². The summed E-state index contributed by atoms with van der Waals surface area (Å²) in [5.74, 6) is -1.86. The summed E-state index contributed by atoms with van der Waals surface area (Å²) in [6.45, 7) is 3.57. The summed E-state index contributed by atoms with van der Waals surface area (Å²) in [5.41, 5.74) is 1.49. The van der Waals surface area contributed by atoms with Crippen LogP contribution in [0.25, 0.3) is 0 Å². The lowest BCUT2D eigenvalue weighted by Crippen LogP contribution is -2.42. The van der Waals surface area contributed by atoms with Gasteiger partial charge < -0.3 is 10.2 Å². The molecule has 96 valence electrons. The standard InChI is InChI=1S/C14H16O4/c1-8-6-10(7-11(9(8)2)12(15)16)14(13(17)18)4-3-5-14/h6-7H,3-5H2,1-2H3,(H,15,16)(H,17,18). The quantitative estimate of drug-likeness (QED) is 0.861. The summed E-state index contributed by atoms with van der Waals surface area (Å²) in [6.07, 6.45) is 2.05. The molecule has 0 spiro atoms. The molecule has 2 rings (SSSR count). The van der Waals surface area contributed by atoms with Crippen LogP contribution >= 0.6 is 0 Å². The number of carbonyl (C=O) groups is 2. The van der Waals surface area contributed by atoms with Crippen LogP contribution in [0.1, 0.15) is 46.3 Å². The molecule has 0 amide bonds. The minimum absolute atomic E-state index is 0.206. The molecule has 4 heteroatoms. The molecule has 1 aromatic carbocycles. The van der Waals surface area contributed by atoms with Gasteiger partial charge in [0.15, 0.2) is 0 Å². The second-order valence-electron chi connectivity index (χ2n) is 5.01. The van der Waals surface area contributed by atoms with E-state index >= 15 is 0 Å². The second kappa shape index (κ2) is 4.12. The zero-order chi connectivity index (χ0) is 13.5. The number of aryl methyl sites for hydroxylation is 1. The normalized spacial score (nSPS) is 17.0. The number of carboxylic acid groups (broad SMARTS) is 2. The minimum atomic E-state index is -1.00. The molecule has 1 aliphatic rings. The molecule has 0 aromatic heterocycles. The van der Waals surface area contributed by atoms with Crippen LogP contribution in [0, 0.1) is 13.8 Å². The summed E-state index contributed by atoms with van der Waals surface area (Å²) >= 11 is 0. The van der Waals surface area contributed by atoms with Crippen LogP contribution < -0.4 is 0 Å². The van der Waals surface area contributed by atoms with Crippen molar-refractivity contribution in [2.75, 3.05) is 0 Å². The van der Waals surface area contributed by atoms with Gasteiger partial charge in [-0.3, -0.25) is 4.79 Å². The summed E-state index contributed by atoms with van der Waals surface area (Å²) in [7, 11) is 0. The van der Waals surface area contributed by atoms with Gasteiger partial charge in [-0.1, -0.05) is 12.5 Å². The van der Waals surface area contributed by atoms with Gasteiger partial charge in [0.05, 0.1) is 11.0 Å². The maximum Gasteiger partial charge on any atom is 0.335 e. The van der Waals surface area contributed by atoms with Gasteiger partial charge in [0, 0.05) is 0 Å². The lowest BCUT2D eigenvalue weighted by atomic mass is 9.64. The van der Waals surface area contributed by atoms with Crippen molar-refractivity contribution in [3.8, 4) is 0 Å². The van der Waals surface area contributed by atoms with Gasteiger partial charge in [-0.2, -0.15) is 0 Å². The highest BCUT2D eigenvalue weighted by Gasteiger charge is 2.46.